The van der Waals surface area contributed by atoms with Gasteiger partial charge in [0.25, 0.3) is 0 Å². The number of Topliss-reactive ketones (excluding diaryl/α,β-unsaturated/α-hetero) is 1. The van der Waals surface area contributed by atoms with Crippen LogP contribution < -0.4 is 5.73 Å². The second-order valence-electron chi connectivity index (χ2n) is 2.90. The highest BCUT2D eigenvalue weighted by Crippen LogP contribution is 2.12. The van der Waals surface area contributed by atoms with E-state index in [1.54, 1.807) is 24.3 Å². The highest BCUT2D eigenvalue weighted by Gasteiger charge is 2.06. The van der Waals surface area contributed by atoms with E-state index < -0.39 is 5.91 Å². The highest BCUT2D eigenvalue weighted by atomic mass is 79.9. The lowest BCUT2D eigenvalue weighted by Gasteiger charge is -1.99. The van der Waals surface area contributed by atoms with E-state index in [0.717, 1.165) is 4.47 Å². The van der Waals surface area contributed by atoms with E-state index in [9.17, 15) is 9.59 Å². The minimum Gasteiger partial charge on any atom is -0.370 e. The Kier molecular flexibility index (Phi) is 3.83. The van der Waals surface area contributed by atoms with E-state index in [0.29, 0.717) is 5.56 Å². The first-order chi connectivity index (χ1) is 6.59. The van der Waals surface area contributed by atoms with E-state index in [2.05, 4.69) is 15.9 Å². The first-order valence-electron chi connectivity index (χ1n) is 4.16. The number of benzene rings is 1. The van der Waals surface area contributed by atoms with Crippen molar-refractivity contribution in [2.45, 2.75) is 12.8 Å². The van der Waals surface area contributed by atoms with Crippen LogP contribution in [-0.2, 0) is 4.79 Å². The van der Waals surface area contributed by atoms with Gasteiger partial charge in [0, 0.05) is 22.9 Å². The number of rotatable bonds is 4. The largest absolute Gasteiger partial charge is 0.370 e. The SMILES string of the molecule is NC(=O)CCC(=O)c1ccc(Br)cc1. The van der Waals surface area contributed by atoms with E-state index in [4.69, 9.17) is 5.73 Å². The highest BCUT2D eigenvalue weighted by molar-refractivity contribution is 9.10. The van der Waals surface area contributed by atoms with Crippen LogP contribution in [0, 0.1) is 0 Å². The maximum atomic E-state index is 11.4. The van der Waals surface area contributed by atoms with E-state index in [1.807, 2.05) is 0 Å². The van der Waals surface area contributed by atoms with Crippen molar-refractivity contribution in [3.63, 3.8) is 0 Å². The van der Waals surface area contributed by atoms with Crippen molar-refractivity contribution in [1.82, 2.24) is 0 Å². The summed E-state index contributed by atoms with van der Waals surface area (Å²) in [6.45, 7) is 0. The Hall–Kier alpha value is -1.16. The van der Waals surface area contributed by atoms with Crippen molar-refractivity contribution in [1.29, 1.82) is 0 Å². The zero-order valence-electron chi connectivity index (χ0n) is 7.50. The van der Waals surface area contributed by atoms with Gasteiger partial charge in [-0.1, -0.05) is 28.1 Å². The number of ketones is 1. The minimum absolute atomic E-state index is 0.0590. The first-order valence-corrected chi connectivity index (χ1v) is 4.96. The summed E-state index contributed by atoms with van der Waals surface area (Å²) in [5, 5.41) is 0. The van der Waals surface area contributed by atoms with E-state index >= 15 is 0 Å². The number of hydrogen-bond donors (Lipinski definition) is 1. The molecule has 0 aliphatic rings. The Morgan fingerprint density at radius 2 is 1.71 bits per heavy atom. The Labute approximate surface area is 90.4 Å². The lowest BCUT2D eigenvalue weighted by molar-refractivity contribution is -0.117. The summed E-state index contributed by atoms with van der Waals surface area (Å²) < 4.78 is 0.920. The second kappa shape index (κ2) is 4.91. The molecule has 1 aromatic carbocycles. The molecule has 0 saturated carbocycles. The molecule has 0 radical (unpaired) electrons. The zero-order chi connectivity index (χ0) is 10.6. The summed E-state index contributed by atoms with van der Waals surface area (Å²) in [7, 11) is 0. The standard InChI is InChI=1S/C10H10BrNO2/c11-8-3-1-7(2-4-8)9(13)5-6-10(12)14/h1-4H,5-6H2,(H2,12,14). The van der Waals surface area contributed by atoms with Crippen molar-refractivity contribution < 1.29 is 9.59 Å². The minimum atomic E-state index is -0.449. The maximum absolute atomic E-state index is 11.4. The van der Waals surface area contributed by atoms with Crippen LogP contribution in [-0.4, -0.2) is 11.7 Å². The molecule has 1 aromatic rings. The number of nitrogens with two attached hydrogens (primary N) is 1. The van der Waals surface area contributed by atoms with Gasteiger partial charge in [-0.05, 0) is 12.1 Å². The summed E-state index contributed by atoms with van der Waals surface area (Å²) in [6, 6.07) is 7.01. The molecule has 0 aromatic heterocycles. The fourth-order valence-corrected chi connectivity index (χ4v) is 1.28. The average molecular weight is 256 g/mol. The van der Waals surface area contributed by atoms with Crippen LogP contribution in [0.2, 0.25) is 0 Å². The molecule has 0 spiro atoms. The Balaban J connectivity index is 2.61. The van der Waals surface area contributed by atoms with Crippen LogP contribution in [0.25, 0.3) is 0 Å². The smallest absolute Gasteiger partial charge is 0.217 e. The third-order valence-electron chi connectivity index (χ3n) is 1.76. The van der Waals surface area contributed by atoms with Crippen LogP contribution >= 0.6 is 15.9 Å². The van der Waals surface area contributed by atoms with E-state index in [-0.39, 0.29) is 18.6 Å². The van der Waals surface area contributed by atoms with Crippen molar-refractivity contribution in [2.24, 2.45) is 5.73 Å². The number of primary amides is 1. The number of carbonyl (C=O) groups excluding carboxylic acids is 2. The van der Waals surface area contributed by atoms with Crippen molar-refractivity contribution in [3.8, 4) is 0 Å². The quantitative estimate of drug-likeness (QED) is 0.836. The molecule has 2 N–H and O–H groups in total. The van der Waals surface area contributed by atoms with Gasteiger partial charge < -0.3 is 5.73 Å². The van der Waals surface area contributed by atoms with Crippen LogP contribution in [0.1, 0.15) is 23.2 Å². The fraction of sp³-hybridized carbons (Fsp3) is 0.200. The summed E-state index contributed by atoms with van der Waals surface area (Å²) in [5.74, 6) is -0.508. The van der Waals surface area contributed by atoms with Gasteiger partial charge in [0.1, 0.15) is 0 Å². The molecular formula is C10H10BrNO2. The van der Waals surface area contributed by atoms with Gasteiger partial charge in [0.15, 0.2) is 5.78 Å². The molecule has 14 heavy (non-hydrogen) atoms. The molecule has 0 bridgehead atoms. The summed E-state index contributed by atoms with van der Waals surface area (Å²) >= 11 is 3.27. The van der Waals surface area contributed by atoms with Crippen molar-refractivity contribution in [3.05, 3.63) is 34.3 Å². The third kappa shape index (κ3) is 3.30. The maximum Gasteiger partial charge on any atom is 0.217 e. The Morgan fingerprint density at radius 3 is 2.21 bits per heavy atom. The van der Waals surface area contributed by atoms with Gasteiger partial charge in [0.05, 0.1) is 0 Å². The number of amides is 1. The van der Waals surface area contributed by atoms with Crippen molar-refractivity contribution in [2.75, 3.05) is 0 Å². The fourth-order valence-electron chi connectivity index (χ4n) is 1.02. The van der Waals surface area contributed by atoms with Crippen LogP contribution in [0.3, 0.4) is 0 Å². The predicted molar refractivity (Wildman–Crippen MR) is 56.9 cm³/mol. The van der Waals surface area contributed by atoms with Gasteiger partial charge in [-0.25, -0.2) is 0 Å². The summed E-state index contributed by atoms with van der Waals surface area (Å²) in [4.78, 5) is 21.9. The third-order valence-corrected chi connectivity index (χ3v) is 2.29. The average Bonchev–Trinajstić information content (AvgIpc) is 2.15. The molecular weight excluding hydrogens is 246 g/mol. The Morgan fingerprint density at radius 1 is 1.14 bits per heavy atom. The van der Waals surface area contributed by atoms with Crippen LogP contribution in [0.5, 0.6) is 0 Å². The molecule has 0 unspecified atom stereocenters. The van der Waals surface area contributed by atoms with Gasteiger partial charge >= 0.3 is 0 Å². The molecule has 3 nitrogen and oxygen atoms in total. The first kappa shape index (κ1) is 10.9. The molecule has 4 heteroatoms. The normalized spacial score (nSPS) is 9.79. The van der Waals surface area contributed by atoms with Gasteiger partial charge in [0.2, 0.25) is 5.91 Å². The van der Waals surface area contributed by atoms with Crippen LogP contribution in [0.4, 0.5) is 0 Å². The predicted octanol–water partition coefficient (Wildman–Crippen LogP) is 1.90. The van der Waals surface area contributed by atoms with Gasteiger partial charge in [-0.15, -0.1) is 0 Å². The molecule has 0 heterocycles. The molecule has 1 amide bonds. The topological polar surface area (TPSA) is 60.2 Å². The molecule has 0 saturated heterocycles. The summed E-state index contributed by atoms with van der Waals surface area (Å²) in [5.41, 5.74) is 5.55. The molecule has 0 aliphatic heterocycles. The van der Waals surface area contributed by atoms with Gasteiger partial charge in [-0.3, -0.25) is 9.59 Å². The number of halogens is 1. The molecule has 0 atom stereocenters. The summed E-state index contributed by atoms with van der Waals surface area (Å²) in [6.07, 6.45) is 0.284. The molecule has 0 aliphatic carbocycles. The molecule has 1 rings (SSSR count). The number of hydrogen-bond acceptors (Lipinski definition) is 2. The molecule has 0 fully saturated rings. The lowest BCUT2D eigenvalue weighted by Crippen LogP contribution is -2.12. The zero-order valence-corrected chi connectivity index (χ0v) is 9.08. The van der Waals surface area contributed by atoms with Crippen molar-refractivity contribution >= 4 is 27.6 Å². The van der Waals surface area contributed by atoms with Crippen LogP contribution in [0.15, 0.2) is 28.7 Å². The Bertz CT molecular complexity index is 346. The molecule has 74 valence electrons. The lowest BCUT2D eigenvalue weighted by atomic mass is 10.1. The monoisotopic (exact) mass is 255 g/mol. The van der Waals surface area contributed by atoms with E-state index in [1.165, 1.54) is 0 Å². The second-order valence-corrected chi connectivity index (χ2v) is 3.81. The number of carbonyl (C=O) groups is 2. The van der Waals surface area contributed by atoms with Gasteiger partial charge in [-0.2, -0.15) is 0 Å².